The standard InChI is InChI=1S/C13H15N3O3/c1-9(17)14-7-6-12-15-16-13(19-12)10-4-3-5-11(8-10)18-2/h3-5,8H,6-7H2,1-2H3,(H,14,17). The molecule has 0 fully saturated rings. The minimum absolute atomic E-state index is 0.0764. The van der Waals surface area contributed by atoms with Crippen LogP contribution in [0.25, 0.3) is 11.5 Å². The van der Waals surface area contributed by atoms with Crippen LogP contribution in [0.2, 0.25) is 0 Å². The van der Waals surface area contributed by atoms with Crippen LogP contribution >= 0.6 is 0 Å². The van der Waals surface area contributed by atoms with Crippen molar-refractivity contribution in [3.63, 3.8) is 0 Å². The molecule has 0 saturated heterocycles. The van der Waals surface area contributed by atoms with Gasteiger partial charge >= 0.3 is 0 Å². The van der Waals surface area contributed by atoms with Gasteiger partial charge < -0.3 is 14.5 Å². The Hall–Kier alpha value is -2.37. The molecule has 100 valence electrons. The Bertz CT molecular complexity index is 566. The number of carbonyl (C=O) groups excluding carboxylic acids is 1. The molecule has 1 amide bonds. The Balaban J connectivity index is 2.05. The molecule has 0 unspecified atom stereocenters. The molecule has 0 aliphatic heterocycles. The fourth-order valence-corrected chi connectivity index (χ4v) is 1.57. The van der Waals surface area contributed by atoms with Gasteiger partial charge in [-0.25, -0.2) is 0 Å². The molecule has 19 heavy (non-hydrogen) atoms. The molecule has 6 heteroatoms. The number of nitrogens with one attached hydrogen (secondary N) is 1. The predicted octanol–water partition coefficient (Wildman–Crippen LogP) is 1.42. The molecule has 2 aromatic rings. The van der Waals surface area contributed by atoms with Gasteiger partial charge in [-0.05, 0) is 18.2 Å². The highest BCUT2D eigenvalue weighted by Crippen LogP contribution is 2.22. The molecule has 0 spiro atoms. The van der Waals surface area contributed by atoms with Crippen LogP contribution in [0, 0.1) is 0 Å². The highest BCUT2D eigenvalue weighted by molar-refractivity contribution is 5.72. The highest BCUT2D eigenvalue weighted by Gasteiger charge is 2.09. The van der Waals surface area contributed by atoms with Crippen molar-refractivity contribution in [2.75, 3.05) is 13.7 Å². The summed E-state index contributed by atoms with van der Waals surface area (Å²) in [6.07, 6.45) is 0.510. The van der Waals surface area contributed by atoms with E-state index >= 15 is 0 Å². The molecule has 0 aliphatic carbocycles. The van der Waals surface area contributed by atoms with Crippen molar-refractivity contribution in [3.05, 3.63) is 30.2 Å². The van der Waals surface area contributed by atoms with Crippen LogP contribution in [0.4, 0.5) is 0 Å². The van der Waals surface area contributed by atoms with Gasteiger partial charge in [0.15, 0.2) is 0 Å². The van der Waals surface area contributed by atoms with Crippen molar-refractivity contribution in [1.29, 1.82) is 0 Å². The first-order valence-electron chi connectivity index (χ1n) is 5.90. The monoisotopic (exact) mass is 261 g/mol. The quantitative estimate of drug-likeness (QED) is 0.880. The summed E-state index contributed by atoms with van der Waals surface area (Å²) < 4.78 is 10.7. The van der Waals surface area contributed by atoms with E-state index in [1.165, 1.54) is 6.92 Å². The largest absolute Gasteiger partial charge is 0.497 e. The highest BCUT2D eigenvalue weighted by atomic mass is 16.5. The van der Waals surface area contributed by atoms with Crippen LogP contribution in [0.1, 0.15) is 12.8 Å². The third-order valence-corrected chi connectivity index (χ3v) is 2.50. The van der Waals surface area contributed by atoms with Gasteiger partial charge in [0.1, 0.15) is 5.75 Å². The third kappa shape index (κ3) is 3.54. The number of ether oxygens (including phenoxy) is 1. The van der Waals surface area contributed by atoms with Crippen molar-refractivity contribution < 1.29 is 13.9 Å². The summed E-state index contributed by atoms with van der Waals surface area (Å²) >= 11 is 0. The van der Waals surface area contributed by atoms with E-state index in [9.17, 15) is 4.79 Å². The van der Waals surface area contributed by atoms with Gasteiger partial charge in [0, 0.05) is 25.5 Å². The Morgan fingerprint density at radius 2 is 2.26 bits per heavy atom. The van der Waals surface area contributed by atoms with E-state index in [2.05, 4.69) is 15.5 Å². The molecule has 2 rings (SSSR count). The Morgan fingerprint density at radius 3 is 3.00 bits per heavy atom. The van der Waals surface area contributed by atoms with Gasteiger partial charge in [-0.3, -0.25) is 4.79 Å². The van der Waals surface area contributed by atoms with E-state index in [1.807, 2.05) is 24.3 Å². The molecule has 0 saturated carbocycles. The second kappa shape index (κ2) is 5.99. The van der Waals surface area contributed by atoms with E-state index < -0.39 is 0 Å². The van der Waals surface area contributed by atoms with Crippen molar-refractivity contribution in [1.82, 2.24) is 15.5 Å². The number of carbonyl (C=O) groups is 1. The normalized spacial score (nSPS) is 10.2. The number of rotatable bonds is 5. The lowest BCUT2D eigenvalue weighted by Gasteiger charge is -2.00. The number of hydrogen-bond donors (Lipinski definition) is 1. The smallest absolute Gasteiger partial charge is 0.247 e. The lowest BCUT2D eigenvalue weighted by Crippen LogP contribution is -2.22. The maximum absolute atomic E-state index is 10.7. The summed E-state index contributed by atoms with van der Waals surface area (Å²) in [6.45, 7) is 1.95. The molecule has 1 aromatic carbocycles. The number of hydrogen-bond acceptors (Lipinski definition) is 5. The fraction of sp³-hybridized carbons (Fsp3) is 0.308. The molecule has 1 N–H and O–H groups in total. The van der Waals surface area contributed by atoms with E-state index in [4.69, 9.17) is 9.15 Å². The van der Waals surface area contributed by atoms with E-state index in [-0.39, 0.29) is 5.91 Å². The summed E-state index contributed by atoms with van der Waals surface area (Å²) in [5, 5.41) is 10.6. The SMILES string of the molecule is COc1cccc(-c2nnc(CCNC(C)=O)o2)c1. The summed E-state index contributed by atoms with van der Waals surface area (Å²) in [6, 6.07) is 7.39. The van der Waals surface area contributed by atoms with E-state index in [0.717, 1.165) is 11.3 Å². The van der Waals surface area contributed by atoms with Gasteiger partial charge in [-0.2, -0.15) is 0 Å². The molecule has 6 nitrogen and oxygen atoms in total. The predicted molar refractivity (Wildman–Crippen MR) is 68.7 cm³/mol. The average molecular weight is 261 g/mol. The number of methoxy groups -OCH3 is 1. The van der Waals surface area contributed by atoms with Crippen molar-refractivity contribution in [2.45, 2.75) is 13.3 Å². The lowest BCUT2D eigenvalue weighted by molar-refractivity contribution is -0.118. The molecular weight excluding hydrogens is 246 g/mol. The molecule has 0 radical (unpaired) electrons. The van der Waals surface area contributed by atoms with Crippen molar-refractivity contribution in [3.8, 4) is 17.2 Å². The van der Waals surface area contributed by atoms with Gasteiger partial charge in [0.2, 0.25) is 17.7 Å². The molecule has 0 aliphatic rings. The van der Waals surface area contributed by atoms with Gasteiger partial charge in [-0.1, -0.05) is 6.07 Å². The topological polar surface area (TPSA) is 77.3 Å². The number of aromatic nitrogens is 2. The molecule has 1 aromatic heterocycles. The van der Waals surface area contributed by atoms with Crippen LogP contribution < -0.4 is 10.1 Å². The zero-order valence-electron chi connectivity index (χ0n) is 10.8. The van der Waals surface area contributed by atoms with Crippen LogP contribution in [0.5, 0.6) is 5.75 Å². The maximum Gasteiger partial charge on any atom is 0.247 e. The molecule has 0 atom stereocenters. The summed E-state index contributed by atoms with van der Waals surface area (Å²) in [4.78, 5) is 10.7. The summed E-state index contributed by atoms with van der Waals surface area (Å²) in [5.41, 5.74) is 0.803. The molecular formula is C13H15N3O3. The van der Waals surface area contributed by atoms with Crippen LogP contribution in [-0.4, -0.2) is 29.8 Å². The van der Waals surface area contributed by atoms with E-state index in [1.54, 1.807) is 7.11 Å². The Morgan fingerprint density at radius 1 is 1.42 bits per heavy atom. The molecule has 0 bridgehead atoms. The van der Waals surface area contributed by atoms with Crippen LogP contribution in [0.3, 0.4) is 0 Å². The average Bonchev–Trinajstić information content (AvgIpc) is 2.87. The summed E-state index contributed by atoms with van der Waals surface area (Å²) in [5.74, 6) is 1.59. The Kier molecular flexibility index (Phi) is 4.12. The van der Waals surface area contributed by atoms with Crippen molar-refractivity contribution in [2.24, 2.45) is 0 Å². The van der Waals surface area contributed by atoms with Crippen LogP contribution in [0.15, 0.2) is 28.7 Å². The number of benzene rings is 1. The van der Waals surface area contributed by atoms with Crippen molar-refractivity contribution >= 4 is 5.91 Å². The zero-order chi connectivity index (χ0) is 13.7. The fourth-order valence-electron chi connectivity index (χ4n) is 1.57. The first kappa shape index (κ1) is 13.1. The van der Waals surface area contributed by atoms with Gasteiger partial charge in [-0.15, -0.1) is 10.2 Å². The Labute approximate surface area is 110 Å². The zero-order valence-corrected chi connectivity index (χ0v) is 10.8. The minimum Gasteiger partial charge on any atom is -0.497 e. The second-order valence-electron chi connectivity index (χ2n) is 3.97. The number of nitrogens with zero attached hydrogens (tertiary/aromatic N) is 2. The van der Waals surface area contributed by atoms with E-state index in [0.29, 0.717) is 24.7 Å². The summed E-state index contributed by atoms with van der Waals surface area (Å²) in [7, 11) is 1.60. The second-order valence-corrected chi connectivity index (χ2v) is 3.97. The van der Waals surface area contributed by atoms with Gasteiger partial charge in [0.05, 0.1) is 7.11 Å². The minimum atomic E-state index is -0.0764. The van der Waals surface area contributed by atoms with Gasteiger partial charge in [0.25, 0.3) is 0 Å². The van der Waals surface area contributed by atoms with Crippen LogP contribution in [-0.2, 0) is 11.2 Å². The first-order valence-corrected chi connectivity index (χ1v) is 5.90. The lowest BCUT2D eigenvalue weighted by atomic mass is 10.2. The first-order chi connectivity index (χ1) is 9.19. The maximum atomic E-state index is 10.7. The molecule has 1 heterocycles. The number of amides is 1. The third-order valence-electron chi connectivity index (χ3n) is 2.50.